The molecule has 0 aliphatic carbocycles. The Kier molecular flexibility index (Phi) is 7.60. The monoisotopic (exact) mass is 481 g/mol. The average molecular weight is 482 g/mol. The lowest BCUT2D eigenvalue weighted by molar-refractivity contribution is -0.113. The molecule has 2 N–H and O–H groups in total. The van der Waals surface area contributed by atoms with Crippen molar-refractivity contribution in [3.8, 4) is 0 Å². The van der Waals surface area contributed by atoms with Crippen LogP contribution in [0.3, 0.4) is 0 Å². The number of anilines is 2. The highest BCUT2D eigenvalue weighted by Crippen LogP contribution is 2.28. The van der Waals surface area contributed by atoms with Crippen molar-refractivity contribution in [3.05, 3.63) is 82.6 Å². The van der Waals surface area contributed by atoms with Gasteiger partial charge in [-0.2, -0.15) is 0 Å². The van der Waals surface area contributed by atoms with Crippen LogP contribution in [0.5, 0.6) is 0 Å². The highest BCUT2D eigenvalue weighted by Gasteiger charge is 2.14. The van der Waals surface area contributed by atoms with E-state index < -0.39 is 10.0 Å². The first kappa shape index (κ1) is 22.4. The summed E-state index contributed by atoms with van der Waals surface area (Å²) in [6.07, 6.45) is 2.97. The molecule has 3 aromatic rings. The molecule has 30 heavy (non-hydrogen) atoms. The van der Waals surface area contributed by atoms with Crippen LogP contribution in [0.1, 0.15) is 5.56 Å². The van der Waals surface area contributed by atoms with Crippen LogP contribution in [0.25, 0.3) is 0 Å². The van der Waals surface area contributed by atoms with Gasteiger partial charge in [0.05, 0.1) is 22.5 Å². The van der Waals surface area contributed by atoms with E-state index in [4.69, 9.17) is 23.2 Å². The average Bonchev–Trinajstić information content (AvgIpc) is 2.71. The maximum absolute atomic E-state index is 12.4. The standard InChI is InChI=1S/C20H17Cl2N3O3S2/c21-18-4-1-5-19(22)17(18)12-29-13-20(26)24-14-6-8-16(9-7-14)30(27,28)25-15-3-2-10-23-11-15/h1-11,25H,12-13H2,(H,24,26). The predicted molar refractivity (Wildman–Crippen MR) is 123 cm³/mol. The molecule has 0 saturated carbocycles. The number of amides is 1. The first-order valence-corrected chi connectivity index (χ1v) is 12.1. The second kappa shape index (κ2) is 10.2. The maximum Gasteiger partial charge on any atom is 0.261 e. The normalized spacial score (nSPS) is 11.1. The van der Waals surface area contributed by atoms with Gasteiger partial charge in [-0.15, -0.1) is 11.8 Å². The number of carbonyl (C=O) groups excluding carboxylic acids is 1. The number of nitrogens with one attached hydrogen (secondary N) is 2. The van der Waals surface area contributed by atoms with E-state index in [9.17, 15) is 13.2 Å². The zero-order valence-corrected chi connectivity index (χ0v) is 18.7. The van der Waals surface area contributed by atoms with Crippen molar-refractivity contribution in [2.45, 2.75) is 10.6 Å². The molecule has 1 heterocycles. The molecule has 0 saturated heterocycles. The van der Waals surface area contributed by atoms with Crippen molar-refractivity contribution in [2.24, 2.45) is 0 Å². The minimum Gasteiger partial charge on any atom is -0.325 e. The first-order chi connectivity index (χ1) is 14.3. The molecule has 0 spiro atoms. The van der Waals surface area contributed by atoms with Crippen LogP contribution in [0, 0.1) is 0 Å². The number of aromatic nitrogens is 1. The summed E-state index contributed by atoms with van der Waals surface area (Å²) in [4.78, 5) is 16.1. The Balaban J connectivity index is 1.54. The van der Waals surface area contributed by atoms with E-state index >= 15 is 0 Å². The summed E-state index contributed by atoms with van der Waals surface area (Å²) in [7, 11) is -3.74. The van der Waals surface area contributed by atoms with E-state index in [1.54, 1.807) is 36.5 Å². The van der Waals surface area contributed by atoms with E-state index in [1.807, 2.05) is 0 Å². The van der Waals surface area contributed by atoms with Gasteiger partial charge < -0.3 is 5.32 Å². The van der Waals surface area contributed by atoms with Crippen LogP contribution in [0.15, 0.2) is 71.9 Å². The molecule has 0 bridgehead atoms. The Morgan fingerprint density at radius 2 is 1.67 bits per heavy atom. The summed E-state index contributed by atoms with van der Waals surface area (Å²) < 4.78 is 27.3. The third-order valence-electron chi connectivity index (χ3n) is 3.90. The van der Waals surface area contributed by atoms with Crippen LogP contribution in [-0.4, -0.2) is 25.1 Å². The number of pyridine rings is 1. The number of hydrogen-bond acceptors (Lipinski definition) is 5. The number of rotatable bonds is 8. The second-order valence-corrected chi connectivity index (χ2v) is 9.60. The van der Waals surface area contributed by atoms with Crippen LogP contribution < -0.4 is 10.0 Å². The minimum absolute atomic E-state index is 0.0760. The van der Waals surface area contributed by atoms with Gasteiger partial charge in [0.1, 0.15) is 0 Å². The molecule has 1 amide bonds. The number of nitrogens with zero attached hydrogens (tertiary/aromatic N) is 1. The molecule has 0 fully saturated rings. The number of thioether (sulfide) groups is 1. The van der Waals surface area contributed by atoms with E-state index in [1.165, 1.54) is 42.2 Å². The van der Waals surface area contributed by atoms with Gasteiger partial charge in [0.25, 0.3) is 10.0 Å². The molecule has 6 nitrogen and oxygen atoms in total. The number of halogens is 2. The number of sulfonamides is 1. The third kappa shape index (κ3) is 6.12. The zero-order chi connectivity index (χ0) is 21.6. The van der Waals surface area contributed by atoms with Gasteiger partial charge in [0, 0.05) is 27.7 Å². The fraction of sp³-hybridized carbons (Fsp3) is 0.100. The molecule has 0 unspecified atom stereocenters. The van der Waals surface area contributed by atoms with Crippen molar-refractivity contribution in [3.63, 3.8) is 0 Å². The van der Waals surface area contributed by atoms with Gasteiger partial charge in [-0.3, -0.25) is 14.5 Å². The van der Waals surface area contributed by atoms with E-state index in [0.29, 0.717) is 27.2 Å². The van der Waals surface area contributed by atoms with Gasteiger partial charge >= 0.3 is 0 Å². The Morgan fingerprint density at radius 3 is 2.30 bits per heavy atom. The Morgan fingerprint density at radius 1 is 0.967 bits per heavy atom. The smallest absolute Gasteiger partial charge is 0.261 e. The Hall–Kier alpha value is -2.26. The molecule has 1 aromatic heterocycles. The highest BCUT2D eigenvalue weighted by molar-refractivity contribution is 7.99. The van der Waals surface area contributed by atoms with Gasteiger partial charge in [-0.05, 0) is 54.1 Å². The minimum atomic E-state index is -3.74. The fourth-order valence-corrected chi connectivity index (χ4v) is 5.08. The van der Waals surface area contributed by atoms with E-state index in [2.05, 4.69) is 15.0 Å². The van der Waals surface area contributed by atoms with Crippen molar-refractivity contribution < 1.29 is 13.2 Å². The summed E-state index contributed by atoms with van der Waals surface area (Å²) in [5.41, 5.74) is 1.65. The van der Waals surface area contributed by atoms with Crippen molar-refractivity contribution >= 4 is 62.3 Å². The molecule has 0 radical (unpaired) electrons. The Bertz CT molecular complexity index is 1110. The molecular weight excluding hydrogens is 465 g/mol. The van der Waals surface area contributed by atoms with Crippen molar-refractivity contribution in [1.82, 2.24) is 4.98 Å². The number of carbonyl (C=O) groups is 1. The summed E-state index contributed by atoms with van der Waals surface area (Å²) in [5, 5.41) is 3.86. The number of hydrogen-bond donors (Lipinski definition) is 2. The van der Waals surface area contributed by atoms with Gasteiger partial charge in [-0.25, -0.2) is 8.42 Å². The zero-order valence-electron chi connectivity index (χ0n) is 15.5. The van der Waals surface area contributed by atoms with Crippen LogP contribution in [0.4, 0.5) is 11.4 Å². The summed E-state index contributed by atoms with van der Waals surface area (Å²) >= 11 is 13.6. The lowest BCUT2D eigenvalue weighted by Gasteiger charge is -2.10. The maximum atomic E-state index is 12.4. The highest BCUT2D eigenvalue weighted by atomic mass is 35.5. The SMILES string of the molecule is O=C(CSCc1c(Cl)cccc1Cl)Nc1ccc(S(=O)(=O)Nc2cccnc2)cc1. The number of benzene rings is 2. The molecule has 0 aliphatic rings. The van der Waals surface area contributed by atoms with Crippen LogP contribution in [-0.2, 0) is 20.6 Å². The van der Waals surface area contributed by atoms with Crippen LogP contribution in [0.2, 0.25) is 10.0 Å². The quantitative estimate of drug-likeness (QED) is 0.469. The molecule has 3 rings (SSSR count). The fourth-order valence-electron chi connectivity index (χ4n) is 2.47. The van der Waals surface area contributed by atoms with E-state index in [0.717, 1.165) is 5.56 Å². The third-order valence-corrected chi connectivity index (χ3v) is 6.97. The molecule has 10 heteroatoms. The molecule has 0 aliphatic heterocycles. The largest absolute Gasteiger partial charge is 0.325 e. The predicted octanol–water partition coefficient (Wildman–Crippen LogP) is 5.06. The van der Waals surface area contributed by atoms with Gasteiger partial charge in [0.15, 0.2) is 0 Å². The Labute approximate surface area is 189 Å². The second-order valence-electron chi connectivity index (χ2n) is 6.11. The topological polar surface area (TPSA) is 88.2 Å². The lowest BCUT2D eigenvalue weighted by atomic mass is 10.2. The summed E-state index contributed by atoms with van der Waals surface area (Å²) in [5.74, 6) is 0.486. The molecule has 0 atom stereocenters. The molecule has 156 valence electrons. The first-order valence-electron chi connectivity index (χ1n) is 8.68. The van der Waals surface area contributed by atoms with Crippen molar-refractivity contribution in [2.75, 3.05) is 15.8 Å². The van der Waals surface area contributed by atoms with Crippen LogP contribution >= 0.6 is 35.0 Å². The van der Waals surface area contributed by atoms with Gasteiger partial charge in [0.2, 0.25) is 5.91 Å². The molecule has 2 aromatic carbocycles. The van der Waals surface area contributed by atoms with Crippen molar-refractivity contribution in [1.29, 1.82) is 0 Å². The molecular formula is C20H17Cl2N3O3S2. The van der Waals surface area contributed by atoms with E-state index in [-0.39, 0.29) is 16.6 Å². The lowest BCUT2D eigenvalue weighted by Crippen LogP contribution is -2.15. The van der Waals surface area contributed by atoms with Gasteiger partial charge in [-0.1, -0.05) is 29.3 Å². The summed E-state index contributed by atoms with van der Waals surface area (Å²) in [6, 6.07) is 14.4. The summed E-state index contributed by atoms with van der Waals surface area (Å²) in [6.45, 7) is 0.